The smallest absolute Gasteiger partial charge is 0.134 e. The molecule has 0 saturated carbocycles. The van der Waals surface area contributed by atoms with E-state index < -0.39 is 0 Å². The molecule has 4 rings (SSSR count). The molecule has 1 aromatic heterocycles. The highest BCUT2D eigenvalue weighted by Gasteiger charge is 2.39. The zero-order valence-electron chi connectivity index (χ0n) is 14.8. The Balaban J connectivity index is 1.46. The van der Waals surface area contributed by atoms with E-state index in [9.17, 15) is 0 Å². The molecule has 5 heteroatoms. The van der Waals surface area contributed by atoms with E-state index in [0.717, 1.165) is 25.5 Å². The van der Waals surface area contributed by atoms with Gasteiger partial charge in [0.05, 0.1) is 0 Å². The monoisotopic (exact) mass is 337 g/mol. The first-order valence-corrected chi connectivity index (χ1v) is 9.31. The van der Waals surface area contributed by atoms with Crippen molar-refractivity contribution in [1.82, 2.24) is 14.9 Å². The fourth-order valence-electron chi connectivity index (χ4n) is 4.56. The van der Waals surface area contributed by atoms with Gasteiger partial charge < -0.3 is 10.6 Å². The maximum absolute atomic E-state index is 5.86. The molecule has 25 heavy (non-hydrogen) atoms. The van der Waals surface area contributed by atoms with Gasteiger partial charge in [0.1, 0.15) is 18.0 Å². The molecular weight excluding hydrogens is 310 g/mol. The quantitative estimate of drug-likeness (QED) is 0.933. The minimum Gasteiger partial charge on any atom is -0.384 e. The summed E-state index contributed by atoms with van der Waals surface area (Å²) in [6.07, 6.45) is 6.72. The largest absolute Gasteiger partial charge is 0.384 e. The second-order valence-corrected chi connectivity index (χ2v) is 7.63. The van der Waals surface area contributed by atoms with Gasteiger partial charge in [0.25, 0.3) is 0 Å². The lowest BCUT2D eigenvalue weighted by molar-refractivity contribution is 0.0683. The van der Waals surface area contributed by atoms with E-state index in [-0.39, 0.29) is 0 Å². The van der Waals surface area contributed by atoms with Gasteiger partial charge in [0.15, 0.2) is 0 Å². The molecule has 2 aliphatic heterocycles. The van der Waals surface area contributed by atoms with E-state index in [2.05, 4.69) is 50.1 Å². The molecule has 5 nitrogen and oxygen atoms in total. The average molecular weight is 337 g/mol. The van der Waals surface area contributed by atoms with Crippen LogP contribution in [-0.2, 0) is 6.54 Å². The van der Waals surface area contributed by atoms with Gasteiger partial charge in [-0.25, -0.2) is 9.97 Å². The molecule has 2 aromatic rings. The summed E-state index contributed by atoms with van der Waals surface area (Å²) >= 11 is 0. The normalized spacial score (nSPS) is 24.6. The summed E-state index contributed by atoms with van der Waals surface area (Å²) in [5.74, 6) is 1.53. The molecule has 0 amide bonds. The van der Waals surface area contributed by atoms with Crippen LogP contribution in [0.4, 0.5) is 11.6 Å². The lowest BCUT2D eigenvalue weighted by Gasteiger charge is -2.49. The maximum atomic E-state index is 5.86. The number of hydrogen-bond acceptors (Lipinski definition) is 5. The van der Waals surface area contributed by atoms with Gasteiger partial charge in [-0.15, -0.1) is 0 Å². The van der Waals surface area contributed by atoms with E-state index >= 15 is 0 Å². The summed E-state index contributed by atoms with van der Waals surface area (Å²) in [6, 6.07) is 12.7. The Kier molecular flexibility index (Phi) is 4.57. The van der Waals surface area contributed by atoms with Crippen LogP contribution in [-0.4, -0.2) is 41.0 Å². The molecule has 1 atom stereocenters. The van der Waals surface area contributed by atoms with Crippen LogP contribution in [0.5, 0.6) is 0 Å². The van der Waals surface area contributed by atoms with Crippen LogP contribution in [0, 0.1) is 5.41 Å². The lowest BCUT2D eigenvalue weighted by atomic mass is 9.73. The van der Waals surface area contributed by atoms with Crippen LogP contribution >= 0.6 is 0 Å². The maximum Gasteiger partial charge on any atom is 0.134 e. The Labute approximate surface area is 149 Å². The number of likely N-dealkylation sites (tertiary alicyclic amines) is 1. The van der Waals surface area contributed by atoms with Crippen molar-refractivity contribution in [2.45, 2.75) is 32.2 Å². The molecule has 2 N–H and O–H groups in total. The molecule has 0 bridgehead atoms. The molecule has 2 fully saturated rings. The highest BCUT2D eigenvalue weighted by atomic mass is 15.2. The number of nitrogens with zero attached hydrogens (tertiary/aromatic N) is 4. The van der Waals surface area contributed by atoms with E-state index in [1.54, 1.807) is 6.33 Å². The van der Waals surface area contributed by atoms with Crippen LogP contribution in [0.15, 0.2) is 42.7 Å². The topological polar surface area (TPSA) is 58.3 Å². The van der Waals surface area contributed by atoms with E-state index in [1.807, 2.05) is 6.07 Å². The SMILES string of the molecule is Nc1cc(N2CCC[C@]3(CCCN(Cc4ccccc4)C3)C2)ncn1. The number of aromatic nitrogens is 2. The van der Waals surface area contributed by atoms with Crippen molar-refractivity contribution in [1.29, 1.82) is 0 Å². The fraction of sp³-hybridized carbons (Fsp3) is 0.500. The number of anilines is 2. The zero-order chi connectivity index (χ0) is 17.1. The summed E-state index contributed by atoms with van der Waals surface area (Å²) in [4.78, 5) is 13.5. The van der Waals surface area contributed by atoms with Crippen LogP contribution in [0.2, 0.25) is 0 Å². The zero-order valence-corrected chi connectivity index (χ0v) is 14.8. The van der Waals surface area contributed by atoms with E-state index in [0.29, 0.717) is 11.2 Å². The Morgan fingerprint density at radius 3 is 2.60 bits per heavy atom. The summed E-state index contributed by atoms with van der Waals surface area (Å²) in [5, 5.41) is 0. The van der Waals surface area contributed by atoms with Crippen molar-refractivity contribution in [2.75, 3.05) is 36.8 Å². The number of benzene rings is 1. The molecule has 2 aliphatic rings. The number of rotatable bonds is 3. The number of nitrogens with two attached hydrogens (primary N) is 1. The van der Waals surface area contributed by atoms with Crippen LogP contribution in [0.1, 0.15) is 31.2 Å². The Bertz CT molecular complexity index is 700. The third-order valence-electron chi connectivity index (χ3n) is 5.65. The van der Waals surface area contributed by atoms with Crippen LogP contribution in [0.25, 0.3) is 0 Å². The van der Waals surface area contributed by atoms with Gasteiger partial charge >= 0.3 is 0 Å². The van der Waals surface area contributed by atoms with E-state index in [4.69, 9.17) is 5.73 Å². The molecule has 0 aliphatic carbocycles. The number of piperidine rings is 2. The predicted molar refractivity (Wildman–Crippen MR) is 101 cm³/mol. The molecule has 0 unspecified atom stereocenters. The standard InChI is InChI=1S/C20H27N5/c21-18-12-19(23-16-22-18)25-11-5-9-20(15-25)8-4-10-24(14-20)13-17-6-2-1-3-7-17/h1-3,6-7,12,16H,4-5,8-11,13-15H2,(H2,21,22,23)/t20-/m0/s1. The molecule has 132 valence electrons. The van der Waals surface area contributed by atoms with Gasteiger partial charge in [0.2, 0.25) is 0 Å². The van der Waals surface area contributed by atoms with Crippen molar-refractivity contribution < 1.29 is 0 Å². The number of hydrogen-bond donors (Lipinski definition) is 1. The van der Waals surface area contributed by atoms with Crippen molar-refractivity contribution >= 4 is 11.6 Å². The Morgan fingerprint density at radius 2 is 1.80 bits per heavy atom. The summed E-state index contributed by atoms with van der Waals surface area (Å²) in [5.41, 5.74) is 7.65. The van der Waals surface area contributed by atoms with Crippen LogP contribution in [0.3, 0.4) is 0 Å². The van der Waals surface area contributed by atoms with Crippen molar-refractivity contribution in [3.63, 3.8) is 0 Å². The first-order chi connectivity index (χ1) is 12.2. The van der Waals surface area contributed by atoms with Crippen molar-refractivity contribution in [2.24, 2.45) is 5.41 Å². The first kappa shape index (κ1) is 16.3. The minimum atomic E-state index is 0.380. The van der Waals surface area contributed by atoms with Gasteiger partial charge in [0, 0.05) is 37.7 Å². The second-order valence-electron chi connectivity index (χ2n) is 7.63. The third-order valence-corrected chi connectivity index (χ3v) is 5.65. The minimum absolute atomic E-state index is 0.380. The lowest BCUT2D eigenvalue weighted by Crippen LogP contribution is -2.52. The summed E-state index contributed by atoms with van der Waals surface area (Å²) in [7, 11) is 0. The third kappa shape index (κ3) is 3.76. The Morgan fingerprint density at radius 1 is 1.00 bits per heavy atom. The van der Waals surface area contributed by atoms with E-state index in [1.165, 1.54) is 44.3 Å². The van der Waals surface area contributed by atoms with Crippen molar-refractivity contribution in [3.8, 4) is 0 Å². The van der Waals surface area contributed by atoms with Crippen LogP contribution < -0.4 is 10.6 Å². The van der Waals surface area contributed by atoms with Gasteiger partial charge in [-0.2, -0.15) is 0 Å². The molecule has 0 radical (unpaired) electrons. The first-order valence-electron chi connectivity index (χ1n) is 9.31. The van der Waals surface area contributed by atoms with Crippen molar-refractivity contribution in [3.05, 3.63) is 48.3 Å². The molecular formula is C20H27N5. The average Bonchev–Trinajstić information content (AvgIpc) is 2.63. The summed E-state index contributed by atoms with van der Waals surface area (Å²) < 4.78 is 0. The molecule has 2 saturated heterocycles. The van der Waals surface area contributed by atoms with Gasteiger partial charge in [-0.1, -0.05) is 30.3 Å². The fourth-order valence-corrected chi connectivity index (χ4v) is 4.56. The summed E-state index contributed by atoms with van der Waals surface area (Å²) in [6.45, 7) is 5.59. The Hall–Kier alpha value is -2.14. The molecule has 1 spiro atoms. The highest BCUT2D eigenvalue weighted by Crippen LogP contribution is 2.39. The molecule has 3 heterocycles. The van der Waals surface area contributed by atoms with Gasteiger partial charge in [-0.3, -0.25) is 4.90 Å². The van der Waals surface area contributed by atoms with Gasteiger partial charge in [-0.05, 0) is 37.8 Å². The highest BCUT2D eigenvalue weighted by molar-refractivity contribution is 5.46. The molecule has 1 aromatic carbocycles. The predicted octanol–water partition coefficient (Wildman–Crippen LogP) is 2.94. The second kappa shape index (κ2) is 7.00. The number of nitrogen functional groups attached to an aromatic ring is 1.